The van der Waals surface area contributed by atoms with Gasteiger partial charge in [-0.25, -0.2) is 0 Å². The van der Waals surface area contributed by atoms with Crippen LogP contribution in [0.4, 0.5) is 0 Å². The normalized spacial score (nSPS) is 16.4. The molecule has 1 aliphatic heterocycles. The van der Waals surface area contributed by atoms with Gasteiger partial charge in [0.15, 0.2) is 0 Å². The van der Waals surface area contributed by atoms with Crippen LogP contribution in [0.3, 0.4) is 0 Å². The molecule has 4 aromatic carbocycles. The second kappa shape index (κ2) is 14.0. The van der Waals surface area contributed by atoms with Crippen molar-refractivity contribution in [3.8, 4) is 11.5 Å². The summed E-state index contributed by atoms with van der Waals surface area (Å²) in [4.78, 5) is 9.10. The fourth-order valence-corrected chi connectivity index (χ4v) is 5.35. The van der Waals surface area contributed by atoms with E-state index in [9.17, 15) is 10.2 Å². The number of benzene rings is 4. The summed E-state index contributed by atoms with van der Waals surface area (Å²) in [6, 6.07) is 19.6. The standard InChI is InChI=1S/2C16H15NO.C4H8O.Zn/c2*1-10(2)17-13-8-6-11-4-3-5-12-7-9-14(18)16(13)15(11)12;1-2-4-5-3-1;/h2*3-10,18H,1-2H3;1-4H2;/q;;;+2/p-2. The molecule has 210 valence electrons. The summed E-state index contributed by atoms with van der Waals surface area (Å²) in [6.45, 7) is 10.1. The number of nitrogens with zero attached hydrogens (tertiary/aromatic N) is 2. The molecular formula is C36H36N2O3Zn. The van der Waals surface area contributed by atoms with E-state index < -0.39 is 0 Å². The Morgan fingerprint density at radius 1 is 0.595 bits per heavy atom. The average Bonchev–Trinajstić information content (AvgIpc) is 3.55. The van der Waals surface area contributed by atoms with Gasteiger partial charge in [0.05, 0.1) is 11.4 Å². The molecular weight excluding hydrogens is 574 g/mol. The van der Waals surface area contributed by atoms with Crippen molar-refractivity contribution < 1.29 is 34.4 Å². The predicted octanol–water partition coefficient (Wildman–Crippen LogP) is 7.07. The molecule has 0 aromatic heterocycles. The molecule has 0 unspecified atom stereocenters. The van der Waals surface area contributed by atoms with Gasteiger partial charge in [-0.15, -0.1) is 0 Å². The van der Waals surface area contributed by atoms with E-state index in [0.29, 0.717) is 0 Å². The van der Waals surface area contributed by atoms with Crippen molar-refractivity contribution in [3.05, 3.63) is 95.1 Å². The smallest absolute Gasteiger partial charge is 0.872 e. The zero-order chi connectivity index (χ0) is 28.9. The van der Waals surface area contributed by atoms with Crippen LogP contribution in [0, 0.1) is 0 Å². The third-order valence-electron chi connectivity index (χ3n) is 7.05. The summed E-state index contributed by atoms with van der Waals surface area (Å²) < 4.78 is 4.94. The third kappa shape index (κ3) is 6.89. The summed E-state index contributed by atoms with van der Waals surface area (Å²) in [6.07, 6.45) is 10.5. The van der Waals surface area contributed by atoms with Gasteiger partial charge in [-0.2, -0.15) is 0 Å². The molecule has 1 saturated heterocycles. The first-order valence-corrected chi connectivity index (χ1v) is 14.4. The van der Waals surface area contributed by atoms with Gasteiger partial charge >= 0.3 is 19.5 Å². The first kappa shape index (κ1) is 31.3. The Morgan fingerprint density at radius 3 is 1.38 bits per heavy atom. The molecule has 42 heavy (non-hydrogen) atoms. The second-order valence-electron chi connectivity index (χ2n) is 11.0. The Morgan fingerprint density at radius 2 is 1.02 bits per heavy atom. The molecule has 6 heteroatoms. The number of rotatable bonds is 2. The van der Waals surface area contributed by atoms with Crippen LogP contribution in [0.5, 0.6) is 11.5 Å². The molecule has 1 heterocycles. The summed E-state index contributed by atoms with van der Waals surface area (Å²) in [5.41, 5.74) is 5.31. The minimum atomic E-state index is 0. The Labute approximate surface area is 261 Å². The molecule has 7 rings (SSSR count). The molecule has 2 aliphatic carbocycles. The zero-order valence-electron chi connectivity index (χ0n) is 24.9. The van der Waals surface area contributed by atoms with Crippen LogP contribution < -0.4 is 10.2 Å². The fourth-order valence-electron chi connectivity index (χ4n) is 5.35. The van der Waals surface area contributed by atoms with Crippen molar-refractivity contribution in [2.24, 2.45) is 9.98 Å². The van der Waals surface area contributed by atoms with Crippen molar-refractivity contribution >= 4 is 45.1 Å². The third-order valence-corrected chi connectivity index (χ3v) is 7.05. The van der Waals surface area contributed by atoms with Crippen LogP contribution in [0.25, 0.3) is 33.7 Å². The maximum atomic E-state index is 12.1. The summed E-state index contributed by atoms with van der Waals surface area (Å²) in [5, 5.41) is 28.5. The van der Waals surface area contributed by atoms with Crippen molar-refractivity contribution in [2.45, 2.75) is 52.6 Å². The van der Waals surface area contributed by atoms with Gasteiger partial charge < -0.3 is 14.9 Å². The van der Waals surface area contributed by atoms with E-state index in [4.69, 9.17) is 4.74 Å². The molecule has 0 radical (unpaired) electrons. The second-order valence-corrected chi connectivity index (χ2v) is 11.0. The maximum absolute atomic E-state index is 12.1. The van der Waals surface area contributed by atoms with E-state index in [1.54, 1.807) is 12.1 Å². The van der Waals surface area contributed by atoms with Crippen molar-refractivity contribution in [1.29, 1.82) is 0 Å². The molecule has 0 amide bonds. The van der Waals surface area contributed by atoms with Gasteiger partial charge in [0.25, 0.3) is 0 Å². The van der Waals surface area contributed by atoms with Crippen molar-refractivity contribution in [3.63, 3.8) is 0 Å². The Bertz CT molecular complexity index is 1570. The number of hydrogen-bond donors (Lipinski definition) is 0. The number of ether oxygens (including phenoxy) is 1. The largest absolute Gasteiger partial charge is 2.00 e. The van der Waals surface area contributed by atoms with Gasteiger partial charge in [0, 0.05) is 36.4 Å². The number of hydrogen-bond acceptors (Lipinski definition) is 5. The SMILES string of the molecule is C1CCOC1.CC(C)N=C1C=Cc2cccc3ccc([O-])c1c23.CC(C)N=C1C=Cc2cccc3ccc([O-])c1c23.[Zn+2]. The predicted molar refractivity (Wildman–Crippen MR) is 168 cm³/mol. The summed E-state index contributed by atoms with van der Waals surface area (Å²) in [5.74, 6) is 0.109. The van der Waals surface area contributed by atoms with Crippen LogP contribution in [0.2, 0.25) is 0 Å². The molecule has 4 aromatic rings. The molecule has 0 N–H and O–H groups in total. The van der Waals surface area contributed by atoms with Gasteiger partial charge in [0.2, 0.25) is 0 Å². The average molecular weight is 610 g/mol. The first-order chi connectivity index (χ1) is 19.8. The zero-order valence-corrected chi connectivity index (χ0v) is 27.9. The van der Waals surface area contributed by atoms with Crippen LogP contribution in [0.15, 0.2) is 82.8 Å². The van der Waals surface area contributed by atoms with Gasteiger partial charge in [-0.3, -0.25) is 9.98 Å². The van der Waals surface area contributed by atoms with Crippen LogP contribution in [0.1, 0.15) is 62.8 Å². The Hall–Kier alpha value is -3.60. The van der Waals surface area contributed by atoms with Crippen LogP contribution in [-0.2, 0) is 24.2 Å². The summed E-state index contributed by atoms with van der Waals surface area (Å²) >= 11 is 0. The van der Waals surface area contributed by atoms with E-state index in [1.807, 2.05) is 101 Å². The van der Waals surface area contributed by atoms with Gasteiger partial charge in [-0.1, -0.05) is 84.3 Å². The van der Waals surface area contributed by atoms with Gasteiger partial charge in [-0.05, 0) is 85.4 Å². The molecule has 3 aliphatic rings. The Balaban J connectivity index is 0.000000162. The van der Waals surface area contributed by atoms with Gasteiger partial charge in [0.1, 0.15) is 0 Å². The molecule has 0 saturated carbocycles. The summed E-state index contributed by atoms with van der Waals surface area (Å²) in [7, 11) is 0. The van der Waals surface area contributed by atoms with E-state index in [2.05, 4.69) is 9.98 Å². The maximum Gasteiger partial charge on any atom is 2.00 e. The molecule has 0 atom stereocenters. The monoisotopic (exact) mass is 608 g/mol. The molecule has 1 fully saturated rings. The van der Waals surface area contributed by atoms with Crippen molar-refractivity contribution in [2.75, 3.05) is 13.2 Å². The molecule has 5 nitrogen and oxygen atoms in total. The van der Waals surface area contributed by atoms with Crippen LogP contribution in [-0.4, -0.2) is 36.7 Å². The van der Waals surface area contributed by atoms with Crippen LogP contribution >= 0.6 is 0 Å². The van der Waals surface area contributed by atoms with E-state index in [1.165, 1.54) is 12.8 Å². The first-order valence-electron chi connectivity index (χ1n) is 14.4. The topological polar surface area (TPSA) is 80.1 Å². The van der Waals surface area contributed by atoms with E-state index in [-0.39, 0.29) is 43.1 Å². The molecule has 0 spiro atoms. The van der Waals surface area contributed by atoms with E-state index >= 15 is 0 Å². The number of allylic oxidation sites excluding steroid dienone is 2. The minimum absolute atomic E-state index is 0. The minimum Gasteiger partial charge on any atom is -0.872 e. The molecule has 0 bridgehead atoms. The number of aliphatic imine (C=N–C) groups is 2. The van der Waals surface area contributed by atoms with Crippen molar-refractivity contribution in [1.82, 2.24) is 0 Å². The quantitative estimate of drug-likeness (QED) is 0.228. The van der Waals surface area contributed by atoms with E-state index in [0.717, 1.165) is 68.4 Å². The fraction of sp³-hybridized carbons (Fsp3) is 0.278. The Kier molecular flexibility index (Phi) is 10.5.